The highest BCUT2D eigenvalue weighted by atomic mass is 35.5. The van der Waals surface area contributed by atoms with Crippen molar-refractivity contribution in [2.24, 2.45) is 10.8 Å². The van der Waals surface area contributed by atoms with Gasteiger partial charge in [-0.2, -0.15) is 5.10 Å². The highest BCUT2D eigenvalue weighted by Gasteiger charge is 2.32. The molecule has 186 valence electrons. The maximum absolute atomic E-state index is 15.4. The summed E-state index contributed by atoms with van der Waals surface area (Å²) in [5.41, 5.74) is 11.6. The maximum atomic E-state index is 15.4. The average Bonchev–Trinajstić information content (AvgIpc) is 3.32. The molecule has 2 aromatic carbocycles. The lowest BCUT2D eigenvalue weighted by molar-refractivity contribution is 0.231. The van der Waals surface area contributed by atoms with E-state index in [2.05, 4.69) is 36.2 Å². The van der Waals surface area contributed by atoms with Gasteiger partial charge in [0.2, 0.25) is 0 Å². The zero-order valence-electron chi connectivity index (χ0n) is 19.7. The quantitative estimate of drug-likeness (QED) is 0.360. The fourth-order valence-corrected chi connectivity index (χ4v) is 5.68. The lowest BCUT2D eigenvalue weighted by atomic mass is 10.1. The van der Waals surface area contributed by atoms with Crippen molar-refractivity contribution in [3.63, 3.8) is 0 Å². The lowest BCUT2D eigenvalue weighted by Crippen LogP contribution is -2.50. The third-order valence-corrected chi connectivity index (χ3v) is 7.52. The van der Waals surface area contributed by atoms with E-state index >= 15 is 4.39 Å². The van der Waals surface area contributed by atoms with Crippen LogP contribution >= 0.6 is 23.8 Å². The molecule has 3 aliphatic rings. The van der Waals surface area contributed by atoms with E-state index in [1.807, 2.05) is 24.3 Å². The highest BCUT2D eigenvalue weighted by Crippen LogP contribution is 2.33. The number of nitrogens with one attached hydrogen (secondary N) is 1. The Labute approximate surface area is 216 Å². The Morgan fingerprint density at radius 2 is 1.80 bits per heavy atom. The van der Waals surface area contributed by atoms with E-state index in [0.29, 0.717) is 11.7 Å². The van der Waals surface area contributed by atoms with Gasteiger partial charge in [-0.25, -0.2) is 4.39 Å². The second-order valence-electron chi connectivity index (χ2n) is 9.33. The molecule has 0 bridgehead atoms. The largest absolute Gasteiger partial charge is 0.375 e. The first-order valence-electron chi connectivity index (χ1n) is 12.1. The molecule has 1 atom stereocenters. The van der Waals surface area contributed by atoms with Gasteiger partial charge in [-0.15, -0.1) is 0 Å². The molecule has 0 aromatic heterocycles. The number of thiocarbonyl (C=S) groups is 1. The number of rotatable bonds is 5. The van der Waals surface area contributed by atoms with E-state index in [-0.39, 0.29) is 10.9 Å². The monoisotopic (exact) mass is 515 g/mol. The van der Waals surface area contributed by atoms with Crippen molar-refractivity contribution in [3.05, 3.63) is 52.8 Å². The number of fused-ring (bicyclic) bond motifs is 1. The number of hydrogen-bond donors (Lipinski definition) is 2. The molecule has 0 spiro atoms. The van der Waals surface area contributed by atoms with Gasteiger partial charge in [0.05, 0.1) is 11.9 Å². The van der Waals surface area contributed by atoms with Crippen LogP contribution in [-0.2, 0) is 0 Å². The highest BCUT2D eigenvalue weighted by molar-refractivity contribution is 7.80. The molecule has 0 saturated carbocycles. The second-order valence-corrected chi connectivity index (χ2v) is 10.2. The molecule has 0 radical (unpaired) electrons. The van der Waals surface area contributed by atoms with Crippen molar-refractivity contribution < 1.29 is 4.39 Å². The summed E-state index contributed by atoms with van der Waals surface area (Å²) in [5, 5.41) is 4.93. The Hall–Kier alpha value is -2.62. The van der Waals surface area contributed by atoms with Crippen molar-refractivity contribution in [2.75, 3.05) is 67.1 Å². The molecule has 7 nitrogen and oxygen atoms in total. The molecule has 3 aliphatic heterocycles. The van der Waals surface area contributed by atoms with Crippen LogP contribution in [0.5, 0.6) is 0 Å². The van der Waals surface area contributed by atoms with Gasteiger partial charge in [-0.3, -0.25) is 10.3 Å². The van der Waals surface area contributed by atoms with Crippen LogP contribution < -0.4 is 25.9 Å². The van der Waals surface area contributed by atoms with Crippen molar-refractivity contribution in [3.8, 4) is 0 Å². The molecule has 0 aliphatic carbocycles. The van der Waals surface area contributed by atoms with E-state index in [1.165, 1.54) is 19.4 Å². The van der Waals surface area contributed by atoms with Crippen molar-refractivity contribution in [1.29, 1.82) is 0 Å². The Balaban J connectivity index is 1.38. The summed E-state index contributed by atoms with van der Waals surface area (Å²) in [6.07, 6.45) is 4.07. The molecule has 3 saturated heterocycles. The zero-order valence-corrected chi connectivity index (χ0v) is 21.2. The normalized spacial score (nSPS) is 21.0. The van der Waals surface area contributed by atoms with Crippen LogP contribution in [0.3, 0.4) is 0 Å². The van der Waals surface area contributed by atoms with Crippen LogP contribution in [0.15, 0.2) is 41.5 Å². The number of hydrazone groups is 1. The molecular formula is C25H31ClFN7S. The molecule has 3 fully saturated rings. The number of nitrogens with two attached hydrogens (primary N) is 1. The van der Waals surface area contributed by atoms with E-state index in [9.17, 15) is 0 Å². The smallest absolute Gasteiger partial charge is 0.184 e. The Kier molecular flexibility index (Phi) is 7.27. The second kappa shape index (κ2) is 10.6. The van der Waals surface area contributed by atoms with Gasteiger partial charge >= 0.3 is 0 Å². The van der Waals surface area contributed by atoms with Gasteiger partial charge in [-0.05, 0) is 61.9 Å². The van der Waals surface area contributed by atoms with Gasteiger partial charge in [-0.1, -0.05) is 17.7 Å². The first kappa shape index (κ1) is 24.1. The van der Waals surface area contributed by atoms with Gasteiger partial charge < -0.3 is 20.4 Å². The minimum absolute atomic E-state index is 0.0806. The summed E-state index contributed by atoms with van der Waals surface area (Å²) in [4.78, 5) is 9.38. The molecule has 2 aromatic rings. The minimum Gasteiger partial charge on any atom is -0.375 e. The first-order chi connectivity index (χ1) is 17.0. The average molecular weight is 516 g/mol. The Morgan fingerprint density at radius 3 is 2.57 bits per heavy atom. The fraction of sp³-hybridized carbons (Fsp3) is 0.440. The predicted octanol–water partition coefficient (Wildman–Crippen LogP) is 3.26. The molecular weight excluding hydrogens is 485 g/mol. The third kappa shape index (κ3) is 5.47. The Morgan fingerprint density at radius 1 is 1.03 bits per heavy atom. The van der Waals surface area contributed by atoms with Crippen molar-refractivity contribution in [2.45, 2.75) is 18.9 Å². The third-order valence-electron chi connectivity index (χ3n) is 7.20. The fourth-order valence-electron chi connectivity index (χ4n) is 5.44. The molecule has 3 heterocycles. The summed E-state index contributed by atoms with van der Waals surface area (Å²) in [7, 11) is 0. The first-order valence-corrected chi connectivity index (χ1v) is 12.9. The van der Waals surface area contributed by atoms with Gasteiger partial charge in [0, 0.05) is 73.8 Å². The Bertz CT molecular complexity index is 1110. The predicted molar refractivity (Wildman–Crippen MR) is 147 cm³/mol. The number of piperazine rings is 2. The van der Waals surface area contributed by atoms with Crippen LogP contribution in [0.4, 0.5) is 21.5 Å². The molecule has 10 heteroatoms. The topological polar surface area (TPSA) is 63.4 Å². The molecule has 35 heavy (non-hydrogen) atoms. The summed E-state index contributed by atoms with van der Waals surface area (Å²) >= 11 is 11.0. The minimum atomic E-state index is -0.249. The molecule has 0 amide bonds. The number of benzene rings is 2. The van der Waals surface area contributed by atoms with Crippen molar-refractivity contribution in [1.82, 2.24) is 10.3 Å². The van der Waals surface area contributed by atoms with Crippen molar-refractivity contribution >= 4 is 52.2 Å². The van der Waals surface area contributed by atoms with Gasteiger partial charge in [0.15, 0.2) is 5.11 Å². The number of nitrogens with zero attached hydrogens (tertiary/aromatic N) is 5. The van der Waals surface area contributed by atoms with E-state index < -0.39 is 0 Å². The summed E-state index contributed by atoms with van der Waals surface area (Å²) in [6, 6.07) is 12.0. The maximum Gasteiger partial charge on any atom is 0.184 e. The molecule has 5 rings (SSSR count). The van der Waals surface area contributed by atoms with Crippen LogP contribution in [-0.4, -0.2) is 74.6 Å². The standard InChI is InChI=1S/C25H31ClFN7S/c26-19-3-1-4-20(14-19)32-7-10-33(11-8-32)24-15-23(18(13-22(24)27)16-29-30-25(28)35)34-12-9-31-6-2-5-21(31)17-34/h1,3-4,13-16,21H,2,5-12,17H2,(H3,28,30,35)/b29-16+. The summed E-state index contributed by atoms with van der Waals surface area (Å²) in [6.45, 7) is 7.12. The van der Waals surface area contributed by atoms with Crippen LogP contribution in [0.25, 0.3) is 0 Å². The van der Waals surface area contributed by atoms with Crippen LogP contribution in [0, 0.1) is 5.82 Å². The van der Waals surface area contributed by atoms with Gasteiger partial charge in [0.25, 0.3) is 0 Å². The van der Waals surface area contributed by atoms with Crippen LogP contribution in [0.1, 0.15) is 18.4 Å². The number of hydrogen-bond acceptors (Lipinski definition) is 6. The summed E-state index contributed by atoms with van der Waals surface area (Å²) < 4.78 is 15.4. The summed E-state index contributed by atoms with van der Waals surface area (Å²) in [5.74, 6) is -0.249. The van der Waals surface area contributed by atoms with Crippen LogP contribution in [0.2, 0.25) is 5.02 Å². The molecule has 1 unspecified atom stereocenters. The SMILES string of the molecule is NC(=S)N/N=C/c1cc(F)c(N2CCN(c3cccc(Cl)c3)CC2)cc1N1CCN2CCCC2C1. The van der Waals surface area contributed by atoms with E-state index in [4.69, 9.17) is 29.6 Å². The van der Waals surface area contributed by atoms with E-state index in [0.717, 1.165) is 67.8 Å². The zero-order chi connectivity index (χ0) is 24.4. The number of halogens is 2. The van der Waals surface area contributed by atoms with Gasteiger partial charge in [0.1, 0.15) is 5.82 Å². The lowest BCUT2D eigenvalue weighted by Gasteiger charge is -2.41. The number of anilines is 3. The van der Waals surface area contributed by atoms with E-state index in [1.54, 1.807) is 12.3 Å². The molecule has 3 N–H and O–H groups in total.